The molecule has 1 nitrogen and oxygen atoms in total. The van der Waals surface area contributed by atoms with Crippen molar-refractivity contribution >= 4 is 22.3 Å². The Labute approximate surface area is 118 Å². The Bertz CT molecular complexity index is 558. The van der Waals surface area contributed by atoms with Crippen molar-refractivity contribution in [2.24, 2.45) is 5.92 Å². The number of hydrogen-bond donors (Lipinski definition) is 0. The summed E-state index contributed by atoms with van der Waals surface area (Å²) in [6.07, 6.45) is 0. The molecule has 3 rings (SSSR count). The van der Waals surface area contributed by atoms with E-state index in [0.717, 1.165) is 17.4 Å². The van der Waals surface area contributed by atoms with Crippen LogP contribution in [0.1, 0.15) is 13.8 Å². The summed E-state index contributed by atoms with van der Waals surface area (Å²) in [5.41, 5.74) is 2.51. The molecule has 2 aromatic rings. The van der Waals surface area contributed by atoms with E-state index in [-0.39, 0.29) is 0 Å². The van der Waals surface area contributed by atoms with E-state index >= 15 is 0 Å². The second-order valence-electron chi connectivity index (χ2n) is 5.81. The summed E-state index contributed by atoms with van der Waals surface area (Å²) < 4.78 is 9.06. The fraction of sp³-hybridized carbons (Fsp3) is 0.294. The van der Waals surface area contributed by atoms with Crippen molar-refractivity contribution in [1.82, 2.24) is 0 Å². The molecule has 0 bridgehead atoms. The van der Waals surface area contributed by atoms with E-state index < -0.39 is 13.6 Å². The number of hydrogen-bond acceptors (Lipinski definition) is 1. The van der Waals surface area contributed by atoms with E-state index in [4.69, 9.17) is 4.74 Å². The molecule has 0 amide bonds. The first kappa shape index (κ1) is 12.8. The number of ether oxygens (including phenoxy) is 1. The van der Waals surface area contributed by atoms with Crippen LogP contribution in [0.25, 0.3) is 0 Å². The van der Waals surface area contributed by atoms with Crippen LogP contribution in [0.4, 0.5) is 0 Å². The molecule has 1 aliphatic heterocycles. The Kier molecular flexibility index (Phi) is 3.18. The van der Waals surface area contributed by atoms with Crippen LogP contribution >= 0.6 is 0 Å². The van der Waals surface area contributed by atoms with Crippen LogP contribution in [0.5, 0.6) is 11.5 Å². The van der Waals surface area contributed by atoms with Gasteiger partial charge in [-0.3, -0.25) is 0 Å². The first-order chi connectivity index (χ1) is 9.11. The molecular formula is C17H20AsO. The Balaban J connectivity index is 2.22. The van der Waals surface area contributed by atoms with E-state index in [1.54, 1.807) is 0 Å². The number of rotatable bonds is 2. The van der Waals surface area contributed by atoms with Crippen LogP contribution in [-0.2, 0) is 0 Å². The van der Waals surface area contributed by atoms with Gasteiger partial charge in [-0.15, -0.1) is 0 Å². The first-order valence-corrected chi connectivity index (χ1v) is 11.9. The average Bonchev–Trinajstić information content (AvgIpc) is 2.38. The Morgan fingerprint density at radius 1 is 0.895 bits per heavy atom. The van der Waals surface area contributed by atoms with E-state index in [2.05, 4.69) is 68.1 Å². The predicted octanol–water partition coefficient (Wildman–Crippen LogP) is 3.64. The predicted molar refractivity (Wildman–Crippen MR) is 83.5 cm³/mol. The Morgan fingerprint density at radius 2 is 1.37 bits per heavy atom. The minimum absolute atomic E-state index is 0.719. The van der Waals surface area contributed by atoms with Crippen molar-refractivity contribution < 1.29 is 4.74 Å². The van der Waals surface area contributed by atoms with Gasteiger partial charge in [0.15, 0.2) is 0 Å². The van der Waals surface area contributed by atoms with Crippen LogP contribution in [0.2, 0.25) is 10.9 Å². The number of para-hydroxylation sites is 2. The summed E-state index contributed by atoms with van der Waals surface area (Å²) in [5.74, 6) is 2.88. The molecule has 19 heavy (non-hydrogen) atoms. The summed E-state index contributed by atoms with van der Waals surface area (Å²) in [6.45, 7) is 4.65. The van der Waals surface area contributed by atoms with Crippen molar-refractivity contribution in [3.63, 3.8) is 0 Å². The van der Waals surface area contributed by atoms with Crippen molar-refractivity contribution in [2.75, 3.05) is 0 Å². The molecule has 1 radical (unpaired) electrons. The maximum absolute atomic E-state index is 6.10. The quantitative estimate of drug-likeness (QED) is 0.769. The third-order valence-corrected chi connectivity index (χ3v) is 12.8. The molecule has 0 spiro atoms. The van der Waals surface area contributed by atoms with Gasteiger partial charge in [0.05, 0.1) is 0 Å². The molecule has 2 aromatic carbocycles. The standard InChI is InChI=1S/C17H20AsO/c1-13(2)12-18(3)14-8-4-6-10-16(14)19-17-11-7-5-9-15(17)18/h4-11,13H,12H2,1-3H3. The van der Waals surface area contributed by atoms with Crippen LogP contribution in [0, 0.1) is 5.92 Å². The van der Waals surface area contributed by atoms with E-state index in [1.807, 2.05) is 0 Å². The normalized spacial score (nSPS) is 15.6. The molecule has 0 fully saturated rings. The molecule has 0 atom stereocenters. The van der Waals surface area contributed by atoms with E-state index in [9.17, 15) is 0 Å². The van der Waals surface area contributed by atoms with Crippen molar-refractivity contribution in [2.45, 2.75) is 24.8 Å². The Morgan fingerprint density at radius 3 is 1.84 bits per heavy atom. The van der Waals surface area contributed by atoms with Gasteiger partial charge in [0, 0.05) is 0 Å². The average molecular weight is 315 g/mol. The fourth-order valence-corrected chi connectivity index (χ4v) is 11.8. The molecule has 0 unspecified atom stereocenters. The van der Waals surface area contributed by atoms with Crippen LogP contribution in [0.3, 0.4) is 0 Å². The Hall–Kier alpha value is -1.20. The third kappa shape index (κ3) is 2.11. The summed E-state index contributed by atoms with van der Waals surface area (Å²) in [6, 6.07) is 17.2. The zero-order chi connectivity index (χ0) is 13.5. The van der Waals surface area contributed by atoms with Gasteiger partial charge in [0.2, 0.25) is 0 Å². The summed E-state index contributed by atoms with van der Waals surface area (Å²) in [7, 11) is 0. The fourth-order valence-electron chi connectivity index (χ4n) is 3.08. The van der Waals surface area contributed by atoms with Crippen molar-refractivity contribution in [3.05, 3.63) is 48.5 Å². The van der Waals surface area contributed by atoms with Crippen LogP contribution in [-0.4, -0.2) is 13.6 Å². The zero-order valence-electron chi connectivity index (χ0n) is 11.8. The van der Waals surface area contributed by atoms with Gasteiger partial charge in [-0.2, -0.15) is 0 Å². The molecule has 0 saturated heterocycles. The van der Waals surface area contributed by atoms with Gasteiger partial charge in [0.1, 0.15) is 0 Å². The maximum atomic E-state index is 6.10. The van der Waals surface area contributed by atoms with Gasteiger partial charge in [0.25, 0.3) is 0 Å². The van der Waals surface area contributed by atoms with Gasteiger partial charge >= 0.3 is 118 Å². The summed E-state index contributed by atoms with van der Waals surface area (Å²) in [4.78, 5) is 0. The molecule has 1 aliphatic rings. The number of benzene rings is 2. The molecule has 0 saturated carbocycles. The third-order valence-electron chi connectivity index (χ3n) is 3.74. The second-order valence-corrected chi connectivity index (χ2v) is 13.6. The summed E-state index contributed by atoms with van der Waals surface area (Å²) in [5, 5.41) is 1.30. The monoisotopic (exact) mass is 315 g/mol. The molecule has 0 aromatic heterocycles. The van der Waals surface area contributed by atoms with Crippen molar-refractivity contribution in [1.29, 1.82) is 0 Å². The van der Waals surface area contributed by atoms with Gasteiger partial charge in [-0.05, 0) is 0 Å². The van der Waals surface area contributed by atoms with Gasteiger partial charge in [-0.1, -0.05) is 0 Å². The van der Waals surface area contributed by atoms with Gasteiger partial charge < -0.3 is 0 Å². The second kappa shape index (κ2) is 4.72. The zero-order valence-corrected chi connectivity index (χ0v) is 13.6. The summed E-state index contributed by atoms with van der Waals surface area (Å²) >= 11 is -2.07. The van der Waals surface area contributed by atoms with E-state index in [1.165, 1.54) is 13.9 Å². The van der Waals surface area contributed by atoms with Gasteiger partial charge in [-0.25, -0.2) is 0 Å². The molecule has 2 heteroatoms. The van der Waals surface area contributed by atoms with Crippen LogP contribution < -0.4 is 13.4 Å². The van der Waals surface area contributed by atoms with Crippen molar-refractivity contribution in [3.8, 4) is 11.5 Å². The SMILES string of the molecule is CC(C)C[As]1(C)c2ccccc2Oc2ccccc21. The first-order valence-electron chi connectivity index (χ1n) is 6.84. The van der Waals surface area contributed by atoms with Crippen LogP contribution in [0.15, 0.2) is 48.5 Å². The number of fused-ring (bicyclic) bond motifs is 2. The molecule has 99 valence electrons. The minimum atomic E-state index is -2.07. The molecular weight excluding hydrogens is 295 g/mol. The van der Waals surface area contributed by atoms with E-state index in [0.29, 0.717) is 0 Å². The molecule has 0 N–H and O–H groups in total. The molecule has 0 aliphatic carbocycles. The topological polar surface area (TPSA) is 9.23 Å². The molecule has 1 heterocycles.